The van der Waals surface area contributed by atoms with Crippen molar-refractivity contribution in [3.05, 3.63) is 27.7 Å². The summed E-state index contributed by atoms with van der Waals surface area (Å²) in [5, 5.41) is 4.16. The summed E-state index contributed by atoms with van der Waals surface area (Å²) in [6.07, 6.45) is 4.99. The number of nitrogens with zero attached hydrogens (tertiary/aromatic N) is 1. The lowest BCUT2D eigenvalue weighted by molar-refractivity contribution is 0.0472. The summed E-state index contributed by atoms with van der Waals surface area (Å²) in [5.41, 5.74) is 0.617. The lowest BCUT2D eigenvalue weighted by Crippen LogP contribution is -2.49. The molecule has 1 N–H and O–H groups in total. The molecular weight excluding hydrogens is 411 g/mol. The Morgan fingerprint density at radius 2 is 1.90 bits per heavy atom. The second-order valence-corrected chi connectivity index (χ2v) is 9.99. The normalized spacial score (nSPS) is 20.4. The van der Waals surface area contributed by atoms with Gasteiger partial charge < -0.3 is 19.7 Å². The molecule has 3 rings (SSSR count). The highest BCUT2D eigenvalue weighted by atomic mass is 35.5. The monoisotopic (exact) mass is 442 g/mol. The van der Waals surface area contributed by atoms with Crippen LogP contribution in [0.25, 0.3) is 0 Å². The molecule has 0 bridgehead atoms. The highest BCUT2D eigenvalue weighted by Gasteiger charge is 2.25. The Morgan fingerprint density at radius 3 is 2.52 bits per heavy atom. The smallest absolute Gasteiger partial charge is 0.407 e. The summed E-state index contributed by atoms with van der Waals surface area (Å²) in [6, 6.07) is 4.02. The molecule has 1 heterocycles. The summed E-state index contributed by atoms with van der Waals surface area (Å²) in [6.45, 7) is 9.05. The first-order valence-electron chi connectivity index (χ1n) is 10.5. The number of alkyl carbamates (subject to hydrolysis) is 1. The van der Waals surface area contributed by atoms with E-state index in [9.17, 15) is 4.79 Å². The molecule has 1 aliphatic heterocycles. The zero-order valence-corrected chi connectivity index (χ0v) is 19.1. The van der Waals surface area contributed by atoms with Crippen molar-refractivity contribution in [3.8, 4) is 5.75 Å². The molecule has 1 amide bonds. The van der Waals surface area contributed by atoms with Crippen molar-refractivity contribution in [2.24, 2.45) is 5.92 Å². The van der Waals surface area contributed by atoms with Crippen LogP contribution in [0.3, 0.4) is 0 Å². The summed E-state index contributed by atoms with van der Waals surface area (Å²) < 4.78 is 11.2. The summed E-state index contributed by atoms with van der Waals surface area (Å²) >= 11 is 12.8. The average molecular weight is 443 g/mol. The van der Waals surface area contributed by atoms with Crippen molar-refractivity contribution in [3.63, 3.8) is 0 Å². The Morgan fingerprint density at radius 1 is 1.21 bits per heavy atom. The molecule has 29 heavy (non-hydrogen) atoms. The molecule has 1 aromatic carbocycles. The van der Waals surface area contributed by atoms with Crippen molar-refractivity contribution in [1.82, 2.24) is 10.2 Å². The van der Waals surface area contributed by atoms with Crippen LogP contribution in [-0.4, -0.2) is 48.9 Å². The molecule has 0 aromatic heterocycles. The van der Waals surface area contributed by atoms with E-state index in [4.69, 9.17) is 32.7 Å². The van der Waals surface area contributed by atoms with Crippen molar-refractivity contribution in [2.45, 2.75) is 64.5 Å². The van der Waals surface area contributed by atoms with E-state index in [-0.39, 0.29) is 12.1 Å². The SMILES string of the molecule is CC(C)(C)OC(=O)N[C@@H]1CCCN(CCc2cc(Cl)c(OCC3CC3)c(Cl)c2)C1. The molecule has 0 radical (unpaired) electrons. The van der Waals surface area contributed by atoms with Gasteiger partial charge in [0.15, 0.2) is 5.75 Å². The van der Waals surface area contributed by atoms with E-state index in [2.05, 4.69) is 10.2 Å². The van der Waals surface area contributed by atoms with Crippen LogP contribution in [-0.2, 0) is 11.2 Å². The van der Waals surface area contributed by atoms with Gasteiger partial charge in [0.1, 0.15) is 5.60 Å². The highest BCUT2D eigenvalue weighted by molar-refractivity contribution is 6.37. The van der Waals surface area contributed by atoms with Crippen molar-refractivity contribution < 1.29 is 14.3 Å². The molecule has 1 atom stereocenters. The maximum Gasteiger partial charge on any atom is 0.407 e. The molecule has 2 fully saturated rings. The molecular formula is C22H32Cl2N2O3. The number of hydrogen-bond acceptors (Lipinski definition) is 4. The maximum atomic E-state index is 12.0. The number of benzene rings is 1. The van der Waals surface area contributed by atoms with Gasteiger partial charge in [-0.05, 0) is 83.0 Å². The van der Waals surface area contributed by atoms with E-state index in [0.29, 0.717) is 28.3 Å². The molecule has 5 nitrogen and oxygen atoms in total. The zero-order chi connectivity index (χ0) is 21.0. The number of hydrogen-bond donors (Lipinski definition) is 1. The molecule has 2 aliphatic rings. The Labute approximate surface area is 184 Å². The Kier molecular flexibility index (Phi) is 7.58. The van der Waals surface area contributed by atoms with Crippen molar-refractivity contribution in [2.75, 3.05) is 26.2 Å². The van der Waals surface area contributed by atoms with Crippen LogP contribution >= 0.6 is 23.2 Å². The minimum atomic E-state index is -0.481. The third-order valence-corrected chi connectivity index (χ3v) is 5.72. The number of nitrogens with one attached hydrogen (secondary N) is 1. The Bertz CT molecular complexity index is 693. The van der Waals surface area contributed by atoms with Gasteiger partial charge in [-0.2, -0.15) is 0 Å². The molecule has 162 valence electrons. The molecule has 0 spiro atoms. The quantitative estimate of drug-likeness (QED) is 0.620. The van der Waals surface area contributed by atoms with Gasteiger partial charge in [0.2, 0.25) is 0 Å². The Hall–Kier alpha value is -1.17. The first-order chi connectivity index (χ1) is 13.7. The Balaban J connectivity index is 1.48. The van der Waals surface area contributed by atoms with Gasteiger partial charge in [0, 0.05) is 19.1 Å². The van der Waals surface area contributed by atoms with E-state index in [1.165, 1.54) is 12.8 Å². The predicted molar refractivity (Wildman–Crippen MR) is 117 cm³/mol. The lowest BCUT2D eigenvalue weighted by Gasteiger charge is -2.33. The highest BCUT2D eigenvalue weighted by Crippen LogP contribution is 2.37. The summed E-state index contributed by atoms with van der Waals surface area (Å²) in [4.78, 5) is 14.4. The number of amides is 1. The standard InChI is InChI=1S/C22H32Cl2N2O3/c1-22(2,3)29-21(27)25-17-5-4-9-26(13-17)10-8-16-11-18(23)20(19(24)12-16)28-14-15-6-7-15/h11-12,15,17H,4-10,13-14H2,1-3H3,(H,25,27)/t17-/m1/s1. The largest absolute Gasteiger partial charge is 0.490 e. The number of carbonyl (C=O) groups is 1. The van der Waals surface area contributed by atoms with Crippen LogP contribution in [0.5, 0.6) is 5.75 Å². The van der Waals surface area contributed by atoms with Crippen molar-refractivity contribution in [1.29, 1.82) is 0 Å². The fraction of sp³-hybridized carbons (Fsp3) is 0.682. The first kappa shape index (κ1) is 22.5. The second-order valence-electron chi connectivity index (χ2n) is 9.18. The predicted octanol–water partition coefficient (Wildman–Crippen LogP) is 5.31. The van der Waals surface area contributed by atoms with Crippen LogP contribution in [0.1, 0.15) is 52.0 Å². The van der Waals surface area contributed by atoms with Gasteiger partial charge in [-0.25, -0.2) is 4.79 Å². The van der Waals surface area contributed by atoms with Gasteiger partial charge in [0.25, 0.3) is 0 Å². The maximum absolute atomic E-state index is 12.0. The van der Waals surface area contributed by atoms with Gasteiger partial charge in [-0.3, -0.25) is 0 Å². The van der Waals surface area contributed by atoms with Crippen LogP contribution in [0.2, 0.25) is 10.0 Å². The third kappa shape index (κ3) is 7.54. The first-order valence-corrected chi connectivity index (χ1v) is 11.3. The van der Waals surface area contributed by atoms with Gasteiger partial charge in [0.05, 0.1) is 16.7 Å². The molecule has 1 aromatic rings. The number of piperidine rings is 1. The topological polar surface area (TPSA) is 50.8 Å². The number of rotatable bonds is 7. The van der Waals surface area contributed by atoms with Crippen LogP contribution in [0.15, 0.2) is 12.1 Å². The number of carbonyl (C=O) groups excluding carboxylic acids is 1. The van der Waals surface area contributed by atoms with E-state index in [1.54, 1.807) is 0 Å². The third-order valence-electron chi connectivity index (χ3n) is 5.16. The average Bonchev–Trinajstić information content (AvgIpc) is 3.42. The van der Waals surface area contributed by atoms with E-state index in [0.717, 1.165) is 44.5 Å². The molecule has 7 heteroatoms. The van der Waals surface area contributed by atoms with Gasteiger partial charge in [-0.15, -0.1) is 0 Å². The fourth-order valence-corrected chi connectivity index (χ4v) is 4.16. The van der Waals surface area contributed by atoms with Gasteiger partial charge >= 0.3 is 6.09 Å². The number of halogens is 2. The summed E-state index contributed by atoms with van der Waals surface area (Å²) in [5.74, 6) is 1.26. The molecule has 1 saturated heterocycles. The lowest BCUT2D eigenvalue weighted by atomic mass is 10.0. The molecule has 1 aliphatic carbocycles. The fourth-order valence-electron chi connectivity index (χ4n) is 3.52. The van der Waals surface area contributed by atoms with Crippen LogP contribution in [0, 0.1) is 5.92 Å². The minimum absolute atomic E-state index is 0.115. The van der Waals surface area contributed by atoms with E-state index in [1.807, 2.05) is 32.9 Å². The minimum Gasteiger partial charge on any atom is -0.490 e. The van der Waals surface area contributed by atoms with Crippen LogP contribution < -0.4 is 10.1 Å². The second kappa shape index (κ2) is 9.76. The number of likely N-dealkylation sites (tertiary alicyclic amines) is 1. The van der Waals surface area contributed by atoms with Gasteiger partial charge in [-0.1, -0.05) is 23.2 Å². The summed E-state index contributed by atoms with van der Waals surface area (Å²) in [7, 11) is 0. The van der Waals surface area contributed by atoms with Crippen molar-refractivity contribution >= 4 is 29.3 Å². The molecule has 1 saturated carbocycles. The zero-order valence-electron chi connectivity index (χ0n) is 17.6. The van der Waals surface area contributed by atoms with Crippen LogP contribution in [0.4, 0.5) is 4.79 Å². The van der Waals surface area contributed by atoms with E-state index >= 15 is 0 Å². The number of ether oxygens (including phenoxy) is 2. The molecule has 0 unspecified atom stereocenters. The van der Waals surface area contributed by atoms with E-state index < -0.39 is 5.60 Å².